The predicted octanol–water partition coefficient (Wildman–Crippen LogP) is 4.49. The number of allylic oxidation sites excluding steroid dienone is 1. The second kappa shape index (κ2) is 8.63. The summed E-state index contributed by atoms with van der Waals surface area (Å²) in [5.41, 5.74) is 3.04. The molecule has 0 unspecified atom stereocenters. The number of para-hydroxylation sites is 1. The number of rotatable bonds is 7. The maximum atomic E-state index is 12.5. The molecule has 3 rings (SSSR count). The quantitative estimate of drug-likeness (QED) is 0.443. The Kier molecular flexibility index (Phi) is 6.20. The Bertz CT molecular complexity index is 1150. The molecule has 1 N–H and O–H groups in total. The fourth-order valence-electron chi connectivity index (χ4n) is 2.65. The smallest absolute Gasteiger partial charge is 0.232 e. The maximum Gasteiger partial charge on any atom is 0.232 e. The van der Waals surface area contributed by atoms with Crippen LogP contribution in [0.15, 0.2) is 60.7 Å². The molecule has 3 aromatic rings. The van der Waals surface area contributed by atoms with Crippen LogP contribution in [0.4, 0.5) is 5.69 Å². The van der Waals surface area contributed by atoms with E-state index in [9.17, 15) is 13.2 Å². The lowest BCUT2D eigenvalue weighted by atomic mass is 10.1. The van der Waals surface area contributed by atoms with Crippen molar-refractivity contribution in [1.29, 1.82) is 0 Å². The minimum Gasteiger partial charge on any atom is -0.289 e. The number of aromatic nitrogens is 2. The molecule has 0 radical (unpaired) electrons. The maximum absolute atomic E-state index is 12.5. The molecule has 0 spiro atoms. The Balaban J connectivity index is 1.78. The van der Waals surface area contributed by atoms with E-state index in [0.717, 1.165) is 5.69 Å². The molecule has 0 fully saturated rings. The van der Waals surface area contributed by atoms with Crippen LogP contribution in [0.1, 0.15) is 28.5 Å². The lowest BCUT2D eigenvalue weighted by Gasteiger charge is -2.06. The Labute approximate surface area is 174 Å². The third-order valence-corrected chi connectivity index (χ3v) is 5.94. The first-order valence-corrected chi connectivity index (χ1v) is 11.0. The summed E-state index contributed by atoms with van der Waals surface area (Å²) in [5.74, 6) is -0.245. The molecule has 0 bridgehead atoms. The molecule has 0 aliphatic rings. The lowest BCUT2D eigenvalue weighted by Crippen LogP contribution is -2.14. The van der Waals surface area contributed by atoms with E-state index in [1.54, 1.807) is 41.9 Å². The molecule has 1 heterocycles. The third-order valence-electron chi connectivity index (χ3n) is 4.27. The Morgan fingerprint density at radius 3 is 2.41 bits per heavy atom. The van der Waals surface area contributed by atoms with E-state index in [4.69, 9.17) is 11.6 Å². The van der Waals surface area contributed by atoms with Crippen molar-refractivity contribution in [2.24, 2.45) is 0 Å². The molecule has 0 atom stereocenters. The van der Waals surface area contributed by atoms with Gasteiger partial charge in [-0.3, -0.25) is 9.52 Å². The highest BCUT2D eigenvalue weighted by Crippen LogP contribution is 2.25. The molecule has 0 saturated heterocycles. The molecule has 150 valence electrons. The van der Waals surface area contributed by atoms with Gasteiger partial charge < -0.3 is 0 Å². The van der Waals surface area contributed by atoms with Crippen LogP contribution in [0.25, 0.3) is 11.8 Å². The summed E-state index contributed by atoms with van der Waals surface area (Å²) in [5, 5.41) is 4.86. The van der Waals surface area contributed by atoms with Gasteiger partial charge in [0.15, 0.2) is 5.78 Å². The van der Waals surface area contributed by atoms with Gasteiger partial charge in [-0.2, -0.15) is 5.10 Å². The van der Waals surface area contributed by atoms with Crippen LogP contribution in [0.2, 0.25) is 5.15 Å². The Morgan fingerprint density at radius 2 is 1.79 bits per heavy atom. The van der Waals surface area contributed by atoms with Gasteiger partial charge in [0.25, 0.3) is 0 Å². The number of hydrogen-bond donors (Lipinski definition) is 1. The van der Waals surface area contributed by atoms with Crippen molar-refractivity contribution >= 4 is 39.2 Å². The molecular weight excluding hydrogens is 410 g/mol. The van der Waals surface area contributed by atoms with E-state index < -0.39 is 10.0 Å². The number of halogens is 1. The number of nitrogens with one attached hydrogen (secondary N) is 1. The first-order valence-electron chi connectivity index (χ1n) is 8.94. The monoisotopic (exact) mass is 429 g/mol. The summed E-state index contributed by atoms with van der Waals surface area (Å²) in [7, 11) is -3.35. The summed E-state index contributed by atoms with van der Waals surface area (Å²) in [6, 6.07) is 15.7. The van der Waals surface area contributed by atoms with E-state index in [2.05, 4.69) is 9.82 Å². The number of nitrogens with zero attached hydrogens (tertiary/aromatic N) is 2. The first kappa shape index (κ1) is 20.8. The molecule has 0 amide bonds. The van der Waals surface area contributed by atoms with Crippen molar-refractivity contribution in [3.8, 4) is 5.69 Å². The number of ketones is 1. The molecule has 0 aliphatic carbocycles. The number of anilines is 1. The highest BCUT2D eigenvalue weighted by atomic mass is 35.5. The molecule has 2 aromatic carbocycles. The van der Waals surface area contributed by atoms with Crippen molar-refractivity contribution in [2.75, 3.05) is 10.5 Å². The van der Waals surface area contributed by atoms with Crippen molar-refractivity contribution in [1.82, 2.24) is 9.78 Å². The fraction of sp³-hybridized carbons (Fsp3) is 0.143. The molecule has 1 aromatic heterocycles. The summed E-state index contributed by atoms with van der Waals surface area (Å²) in [4.78, 5) is 12.5. The number of sulfonamides is 1. The van der Waals surface area contributed by atoms with Gasteiger partial charge >= 0.3 is 0 Å². The molecule has 0 aliphatic heterocycles. The molecular formula is C21H20ClN3O3S. The van der Waals surface area contributed by atoms with Crippen molar-refractivity contribution < 1.29 is 13.2 Å². The van der Waals surface area contributed by atoms with E-state index >= 15 is 0 Å². The van der Waals surface area contributed by atoms with Crippen LogP contribution in [0, 0.1) is 6.92 Å². The number of benzene rings is 2. The topological polar surface area (TPSA) is 81.1 Å². The number of carbonyl (C=O) groups excluding carboxylic acids is 1. The standard InChI is InChI=1S/C21H20ClN3O3S/c1-3-29(27,28)24-17-11-9-16(10-12-17)20(26)14-13-19-15(2)23-25(21(19)22)18-7-5-4-6-8-18/h4-14,24H,3H2,1-2H3/b14-13+. The minimum atomic E-state index is -3.35. The highest BCUT2D eigenvalue weighted by molar-refractivity contribution is 7.92. The Hall–Kier alpha value is -2.90. The summed E-state index contributed by atoms with van der Waals surface area (Å²) < 4.78 is 27.3. The summed E-state index contributed by atoms with van der Waals surface area (Å²) in [6.45, 7) is 3.38. The SMILES string of the molecule is CCS(=O)(=O)Nc1ccc(C(=O)/C=C/c2c(C)nn(-c3ccccc3)c2Cl)cc1. The average molecular weight is 430 g/mol. The zero-order chi connectivity index (χ0) is 21.0. The number of carbonyl (C=O) groups is 1. The van der Waals surface area contributed by atoms with Gasteiger partial charge in [0, 0.05) is 16.8 Å². The Morgan fingerprint density at radius 1 is 1.14 bits per heavy atom. The molecule has 6 nitrogen and oxygen atoms in total. The van der Waals surface area contributed by atoms with Gasteiger partial charge in [0.05, 0.1) is 17.1 Å². The van der Waals surface area contributed by atoms with Gasteiger partial charge in [0.1, 0.15) is 5.15 Å². The largest absolute Gasteiger partial charge is 0.289 e. The van der Waals surface area contributed by atoms with E-state index in [-0.39, 0.29) is 11.5 Å². The lowest BCUT2D eigenvalue weighted by molar-refractivity contribution is 0.104. The molecule has 8 heteroatoms. The van der Waals surface area contributed by atoms with Crippen molar-refractivity contribution in [3.05, 3.63) is 82.6 Å². The summed E-state index contributed by atoms with van der Waals surface area (Å²) >= 11 is 6.46. The van der Waals surface area contributed by atoms with Gasteiger partial charge in [-0.05, 0) is 62.4 Å². The number of aryl methyl sites for hydroxylation is 1. The zero-order valence-electron chi connectivity index (χ0n) is 16.0. The second-order valence-corrected chi connectivity index (χ2v) is 8.69. The predicted molar refractivity (Wildman–Crippen MR) is 116 cm³/mol. The van der Waals surface area contributed by atoms with Gasteiger partial charge in [-0.25, -0.2) is 13.1 Å². The molecule has 29 heavy (non-hydrogen) atoms. The van der Waals surface area contributed by atoms with Crippen LogP contribution in [-0.4, -0.2) is 29.7 Å². The van der Waals surface area contributed by atoms with E-state index in [1.807, 2.05) is 37.3 Å². The first-order chi connectivity index (χ1) is 13.8. The highest BCUT2D eigenvalue weighted by Gasteiger charge is 2.13. The van der Waals surface area contributed by atoms with Crippen molar-refractivity contribution in [2.45, 2.75) is 13.8 Å². The average Bonchev–Trinajstić information content (AvgIpc) is 3.00. The zero-order valence-corrected chi connectivity index (χ0v) is 17.5. The van der Waals surface area contributed by atoms with Crippen molar-refractivity contribution in [3.63, 3.8) is 0 Å². The van der Waals surface area contributed by atoms with Crippen LogP contribution >= 0.6 is 11.6 Å². The van der Waals surface area contributed by atoms with Crippen LogP contribution in [0.3, 0.4) is 0 Å². The fourth-order valence-corrected chi connectivity index (χ4v) is 3.62. The van der Waals surface area contributed by atoms with Crippen LogP contribution < -0.4 is 4.72 Å². The van der Waals surface area contributed by atoms with E-state index in [0.29, 0.717) is 27.7 Å². The minimum absolute atomic E-state index is 0.0206. The third kappa shape index (κ3) is 4.93. The van der Waals surface area contributed by atoms with Gasteiger partial charge in [-0.1, -0.05) is 29.8 Å². The van der Waals surface area contributed by atoms with Gasteiger partial charge in [0.2, 0.25) is 10.0 Å². The molecule has 0 saturated carbocycles. The summed E-state index contributed by atoms with van der Waals surface area (Å²) in [6.07, 6.45) is 3.07. The second-order valence-electron chi connectivity index (χ2n) is 6.32. The van der Waals surface area contributed by atoms with E-state index in [1.165, 1.54) is 6.08 Å². The normalized spacial score (nSPS) is 11.7. The van der Waals surface area contributed by atoms with Crippen LogP contribution in [0.5, 0.6) is 0 Å². The van der Waals surface area contributed by atoms with Crippen LogP contribution in [-0.2, 0) is 10.0 Å². The van der Waals surface area contributed by atoms with Gasteiger partial charge in [-0.15, -0.1) is 0 Å². The number of hydrogen-bond acceptors (Lipinski definition) is 4.